The molecule has 28 heavy (non-hydrogen) atoms. The quantitative estimate of drug-likeness (QED) is 0.570. The molecular formula is C20H15ClN6O. The van der Waals surface area contributed by atoms with Gasteiger partial charge in [0.15, 0.2) is 0 Å². The average Bonchev–Trinajstić information content (AvgIpc) is 3.11. The molecule has 3 heterocycles. The summed E-state index contributed by atoms with van der Waals surface area (Å²) in [7, 11) is 0. The minimum absolute atomic E-state index is 0.0352. The Morgan fingerprint density at radius 3 is 2.57 bits per heavy atom. The van der Waals surface area contributed by atoms with Crippen molar-refractivity contribution in [3.8, 4) is 16.9 Å². The summed E-state index contributed by atoms with van der Waals surface area (Å²) >= 11 is 6.21. The number of nitrogens with one attached hydrogen (secondary N) is 1. The van der Waals surface area contributed by atoms with Crippen molar-refractivity contribution < 1.29 is 4.79 Å². The monoisotopic (exact) mass is 390 g/mol. The lowest BCUT2D eigenvalue weighted by atomic mass is 10.2. The molecule has 0 unspecified atom stereocenters. The zero-order valence-electron chi connectivity index (χ0n) is 14.9. The molecule has 138 valence electrons. The van der Waals surface area contributed by atoms with Crippen molar-refractivity contribution in [2.75, 3.05) is 5.32 Å². The fourth-order valence-corrected chi connectivity index (χ4v) is 2.88. The molecule has 0 aliphatic rings. The molecule has 4 aromatic rings. The summed E-state index contributed by atoms with van der Waals surface area (Å²) in [6.45, 7) is 1.76. The third-order valence-electron chi connectivity index (χ3n) is 4.02. The number of para-hydroxylation sites is 1. The van der Waals surface area contributed by atoms with Gasteiger partial charge in [-0.25, -0.2) is 14.6 Å². The van der Waals surface area contributed by atoms with Crippen LogP contribution in [0.25, 0.3) is 16.9 Å². The molecular weight excluding hydrogens is 376 g/mol. The molecule has 0 atom stereocenters. The van der Waals surface area contributed by atoms with E-state index in [1.54, 1.807) is 31.5 Å². The van der Waals surface area contributed by atoms with Crippen LogP contribution < -0.4 is 5.32 Å². The molecule has 1 N–H and O–H groups in total. The SMILES string of the molecule is Cc1nc(C(=O)Nc2ccc(-c3ccccn3)cn2)nn1-c1ccccc1Cl. The molecule has 8 heteroatoms. The molecule has 0 saturated heterocycles. The molecule has 0 bridgehead atoms. The maximum absolute atomic E-state index is 12.5. The van der Waals surface area contributed by atoms with Crippen LogP contribution >= 0.6 is 11.6 Å². The Morgan fingerprint density at radius 2 is 1.86 bits per heavy atom. The van der Waals surface area contributed by atoms with Gasteiger partial charge in [0.2, 0.25) is 5.82 Å². The van der Waals surface area contributed by atoms with Crippen LogP contribution in [0.5, 0.6) is 0 Å². The summed E-state index contributed by atoms with van der Waals surface area (Å²) in [5, 5.41) is 7.50. The van der Waals surface area contributed by atoms with Gasteiger partial charge in [-0.15, -0.1) is 5.10 Å². The second kappa shape index (κ2) is 7.58. The summed E-state index contributed by atoms with van der Waals surface area (Å²) < 4.78 is 1.54. The molecule has 7 nitrogen and oxygen atoms in total. The highest BCUT2D eigenvalue weighted by Gasteiger charge is 2.17. The van der Waals surface area contributed by atoms with Crippen LogP contribution in [-0.4, -0.2) is 30.6 Å². The van der Waals surface area contributed by atoms with E-state index in [4.69, 9.17) is 11.6 Å². The number of anilines is 1. The number of amides is 1. The fraction of sp³-hybridized carbons (Fsp3) is 0.0500. The van der Waals surface area contributed by atoms with E-state index in [0.29, 0.717) is 22.4 Å². The molecule has 1 aromatic carbocycles. The van der Waals surface area contributed by atoms with Crippen molar-refractivity contribution in [2.45, 2.75) is 6.92 Å². The Bertz CT molecular complexity index is 1130. The molecule has 0 radical (unpaired) electrons. The smallest absolute Gasteiger partial charge is 0.296 e. The van der Waals surface area contributed by atoms with E-state index in [-0.39, 0.29) is 5.82 Å². The van der Waals surface area contributed by atoms with Gasteiger partial charge in [0.05, 0.1) is 16.4 Å². The molecule has 0 saturated carbocycles. The van der Waals surface area contributed by atoms with E-state index in [2.05, 4.69) is 25.4 Å². The van der Waals surface area contributed by atoms with Gasteiger partial charge >= 0.3 is 0 Å². The van der Waals surface area contributed by atoms with Crippen LogP contribution in [0.15, 0.2) is 67.0 Å². The number of carbonyl (C=O) groups is 1. The van der Waals surface area contributed by atoms with Crippen molar-refractivity contribution in [3.63, 3.8) is 0 Å². The Labute approximate surface area is 166 Å². The van der Waals surface area contributed by atoms with Crippen LogP contribution in [0.2, 0.25) is 5.02 Å². The van der Waals surface area contributed by atoms with Crippen LogP contribution in [0.1, 0.15) is 16.4 Å². The summed E-state index contributed by atoms with van der Waals surface area (Å²) in [5.41, 5.74) is 2.32. The summed E-state index contributed by atoms with van der Waals surface area (Å²) in [6.07, 6.45) is 3.37. The lowest BCUT2D eigenvalue weighted by molar-refractivity contribution is 0.101. The van der Waals surface area contributed by atoms with Crippen molar-refractivity contribution in [1.29, 1.82) is 0 Å². The van der Waals surface area contributed by atoms with Gasteiger partial charge in [0.25, 0.3) is 5.91 Å². The Morgan fingerprint density at radius 1 is 1.04 bits per heavy atom. The maximum atomic E-state index is 12.5. The van der Waals surface area contributed by atoms with E-state index < -0.39 is 5.91 Å². The molecule has 0 aliphatic carbocycles. The first-order chi connectivity index (χ1) is 13.6. The normalized spacial score (nSPS) is 10.6. The van der Waals surface area contributed by atoms with Crippen LogP contribution in [0.4, 0.5) is 5.82 Å². The van der Waals surface area contributed by atoms with Crippen LogP contribution in [0.3, 0.4) is 0 Å². The molecule has 3 aromatic heterocycles. The highest BCUT2D eigenvalue weighted by Crippen LogP contribution is 2.20. The molecule has 0 spiro atoms. The summed E-state index contributed by atoms with van der Waals surface area (Å²) in [5.74, 6) is 0.535. The predicted octanol–water partition coefficient (Wildman–Crippen LogP) is 3.94. The topological polar surface area (TPSA) is 85.6 Å². The van der Waals surface area contributed by atoms with E-state index in [1.165, 1.54) is 4.68 Å². The van der Waals surface area contributed by atoms with Gasteiger partial charge in [-0.05, 0) is 43.3 Å². The lowest BCUT2D eigenvalue weighted by Gasteiger charge is -2.05. The minimum atomic E-state index is -0.452. The van der Waals surface area contributed by atoms with Gasteiger partial charge in [-0.1, -0.05) is 29.8 Å². The van der Waals surface area contributed by atoms with Gasteiger partial charge in [0.1, 0.15) is 11.6 Å². The number of hydrogen-bond donors (Lipinski definition) is 1. The molecule has 1 amide bonds. The summed E-state index contributed by atoms with van der Waals surface area (Å²) in [4.78, 5) is 25.3. The number of nitrogens with zero attached hydrogens (tertiary/aromatic N) is 5. The average molecular weight is 391 g/mol. The van der Waals surface area contributed by atoms with E-state index in [9.17, 15) is 4.79 Å². The number of hydrogen-bond acceptors (Lipinski definition) is 5. The number of halogens is 1. The second-order valence-corrected chi connectivity index (χ2v) is 6.35. The largest absolute Gasteiger partial charge is 0.304 e. The first kappa shape index (κ1) is 17.8. The molecule has 0 aliphatic heterocycles. The standard InChI is InChI=1S/C20H15ClN6O/c1-13-24-19(26-27(13)17-8-3-2-6-15(17)21)20(28)25-18-10-9-14(12-23-18)16-7-4-5-11-22-16/h2-12H,1H3,(H,23,25,28). The van der Waals surface area contributed by atoms with Gasteiger partial charge in [0, 0.05) is 18.0 Å². The highest BCUT2D eigenvalue weighted by atomic mass is 35.5. The molecule has 4 rings (SSSR count). The number of pyridine rings is 2. The fourth-order valence-electron chi connectivity index (χ4n) is 2.66. The highest BCUT2D eigenvalue weighted by molar-refractivity contribution is 6.32. The van der Waals surface area contributed by atoms with E-state index in [1.807, 2.05) is 42.5 Å². The van der Waals surface area contributed by atoms with E-state index >= 15 is 0 Å². The zero-order valence-corrected chi connectivity index (χ0v) is 15.6. The Balaban J connectivity index is 1.53. The van der Waals surface area contributed by atoms with Crippen molar-refractivity contribution in [2.24, 2.45) is 0 Å². The summed E-state index contributed by atoms with van der Waals surface area (Å²) in [6, 6.07) is 16.4. The number of benzene rings is 1. The third kappa shape index (κ3) is 3.60. The number of aromatic nitrogens is 5. The number of carbonyl (C=O) groups excluding carboxylic acids is 1. The van der Waals surface area contributed by atoms with E-state index in [0.717, 1.165) is 11.3 Å². The van der Waals surface area contributed by atoms with Crippen molar-refractivity contribution in [3.05, 3.63) is 83.7 Å². The van der Waals surface area contributed by atoms with Gasteiger partial charge in [-0.2, -0.15) is 0 Å². The number of aryl methyl sites for hydroxylation is 1. The first-order valence-corrected chi connectivity index (χ1v) is 8.87. The van der Waals surface area contributed by atoms with Gasteiger partial charge < -0.3 is 5.32 Å². The number of rotatable bonds is 4. The first-order valence-electron chi connectivity index (χ1n) is 8.49. The minimum Gasteiger partial charge on any atom is -0.304 e. The zero-order chi connectivity index (χ0) is 19.5. The third-order valence-corrected chi connectivity index (χ3v) is 4.34. The van der Waals surface area contributed by atoms with Crippen LogP contribution in [-0.2, 0) is 0 Å². The lowest BCUT2D eigenvalue weighted by Crippen LogP contribution is -2.15. The Hall–Kier alpha value is -3.58. The Kier molecular flexibility index (Phi) is 4.82. The van der Waals surface area contributed by atoms with Gasteiger partial charge in [-0.3, -0.25) is 9.78 Å². The predicted molar refractivity (Wildman–Crippen MR) is 107 cm³/mol. The second-order valence-electron chi connectivity index (χ2n) is 5.95. The van der Waals surface area contributed by atoms with Crippen molar-refractivity contribution in [1.82, 2.24) is 24.7 Å². The van der Waals surface area contributed by atoms with Crippen LogP contribution in [0, 0.1) is 6.92 Å². The maximum Gasteiger partial charge on any atom is 0.296 e. The van der Waals surface area contributed by atoms with Crippen molar-refractivity contribution >= 4 is 23.3 Å². The molecule has 0 fully saturated rings.